The first-order valence-electron chi connectivity index (χ1n) is 10.0. The predicted octanol–water partition coefficient (Wildman–Crippen LogP) is 3.36. The fourth-order valence-electron chi connectivity index (χ4n) is 4.22. The van der Waals surface area contributed by atoms with Crippen molar-refractivity contribution in [3.8, 4) is 11.7 Å². The Bertz CT molecular complexity index is 1500. The third-order valence-corrected chi connectivity index (χ3v) is 5.64. The Balaban J connectivity index is 1.56. The van der Waals surface area contributed by atoms with Crippen LogP contribution in [0.4, 0.5) is 4.39 Å². The highest BCUT2D eigenvalue weighted by molar-refractivity contribution is 5.77. The summed E-state index contributed by atoms with van der Waals surface area (Å²) < 4.78 is 22.9. The van der Waals surface area contributed by atoms with Gasteiger partial charge in [0.05, 0.1) is 29.9 Å². The van der Waals surface area contributed by atoms with Crippen LogP contribution in [0.25, 0.3) is 28.1 Å². The number of hydrogen-bond acceptors (Lipinski definition) is 5. The molecule has 1 unspecified atom stereocenters. The van der Waals surface area contributed by atoms with Crippen LogP contribution in [-0.2, 0) is 0 Å². The number of halogens is 1. The minimum Gasteiger partial charge on any atom is -0.493 e. The quantitative estimate of drug-likeness (QED) is 0.477. The van der Waals surface area contributed by atoms with Gasteiger partial charge in [-0.15, -0.1) is 0 Å². The van der Waals surface area contributed by atoms with Crippen LogP contribution in [0.3, 0.4) is 0 Å². The molecule has 1 atom stereocenters. The van der Waals surface area contributed by atoms with E-state index in [2.05, 4.69) is 19.9 Å². The molecular formula is C22H17FN6O2. The number of nitrogens with zero attached hydrogens (tertiary/aromatic N) is 5. The lowest BCUT2D eigenvalue weighted by Crippen LogP contribution is -2.23. The average Bonchev–Trinajstić information content (AvgIpc) is 3.26. The number of aromatic nitrogens is 6. The molecule has 6 rings (SSSR count). The van der Waals surface area contributed by atoms with Crippen molar-refractivity contribution in [3.63, 3.8) is 0 Å². The highest BCUT2D eigenvalue weighted by Crippen LogP contribution is 2.34. The van der Waals surface area contributed by atoms with E-state index in [1.165, 1.54) is 12.1 Å². The largest absolute Gasteiger partial charge is 0.493 e. The first-order chi connectivity index (χ1) is 15.2. The van der Waals surface area contributed by atoms with Gasteiger partial charge in [0.2, 0.25) is 5.95 Å². The summed E-state index contributed by atoms with van der Waals surface area (Å²) in [6, 6.07) is 11.9. The van der Waals surface area contributed by atoms with E-state index in [4.69, 9.17) is 4.74 Å². The Hall–Kier alpha value is -4.01. The molecule has 0 bridgehead atoms. The average molecular weight is 416 g/mol. The molecule has 1 aliphatic rings. The molecule has 5 aromatic rings. The molecule has 2 aromatic carbocycles. The summed E-state index contributed by atoms with van der Waals surface area (Å²) >= 11 is 0. The Labute approximate surface area is 175 Å². The number of hydrogen-bond donors (Lipinski definition) is 1. The second-order valence-corrected chi connectivity index (χ2v) is 7.50. The summed E-state index contributed by atoms with van der Waals surface area (Å²) in [4.78, 5) is 29.1. The van der Waals surface area contributed by atoms with Gasteiger partial charge in [-0.2, -0.15) is 4.98 Å². The van der Waals surface area contributed by atoms with Gasteiger partial charge < -0.3 is 9.72 Å². The molecule has 9 heteroatoms. The summed E-state index contributed by atoms with van der Waals surface area (Å²) in [6.07, 6.45) is 4.67. The Morgan fingerprint density at radius 2 is 2.06 bits per heavy atom. The van der Waals surface area contributed by atoms with Gasteiger partial charge in [0.15, 0.2) is 5.65 Å². The summed E-state index contributed by atoms with van der Waals surface area (Å²) in [6.45, 7) is 0.595. The van der Waals surface area contributed by atoms with Crippen LogP contribution in [0.2, 0.25) is 0 Å². The lowest BCUT2D eigenvalue weighted by atomic mass is 10.0. The van der Waals surface area contributed by atoms with E-state index in [1.54, 1.807) is 27.7 Å². The number of para-hydroxylation sites is 1. The molecule has 1 aliphatic heterocycles. The second-order valence-electron chi connectivity index (χ2n) is 7.50. The predicted molar refractivity (Wildman–Crippen MR) is 112 cm³/mol. The molecule has 154 valence electrons. The number of aromatic amines is 1. The number of rotatable bonds is 2. The molecule has 1 N–H and O–H groups in total. The van der Waals surface area contributed by atoms with Crippen molar-refractivity contribution in [2.45, 2.75) is 18.9 Å². The first-order valence-corrected chi connectivity index (χ1v) is 10.0. The van der Waals surface area contributed by atoms with Crippen LogP contribution >= 0.6 is 0 Å². The highest BCUT2D eigenvalue weighted by atomic mass is 19.1. The van der Waals surface area contributed by atoms with Gasteiger partial charge in [0.25, 0.3) is 0 Å². The summed E-state index contributed by atoms with van der Waals surface area (Å²) in [5.74, 6) is 0.715. The molecular weight excluding hydrogens is 399 g/mol. The molecule has 0 spiro atoms. The first kappa shape index (κ1) is 17.8. The zero-order chi connectivity index (χ0) is 20.9. The third kappa shape index (κ3) is 2.81. The zero-order valence-corrected chi connectivity index (χ0v) is 16.3. The Morgan fingerprint density at radius 3 is 3.00 bits per heavy atom. The van der Waals surface area contributed by atoms with Crippen molar-refractivity contribution in [2.75, 3.05) is 6.61 Å². The molecule has 0 aliphatic carbocycles. The van der Waals surface area contributed by atoms with Crippen LogP contribution in [0.1, 0.15) is 24.4 Å². The molecule has 0 saturated carbocycles. The van der Waals surface area contributed by atoms with Gasteiger partial charge in [-0.3, -0.25) is 9.13 Å². The van der Waals surface area contributed by atoms with Gasteiger partial charge in [-0.25, -0.2) is 19.2 Å². The van der Waals surface area contributed by atoms with Crippen molar-refractivity contribution >= 4 is 22.2 Å². The van der Waals surface area contributed by atoms with E-state index < -0.39 is 0 Å². The van der Waals surface area contributed by atoms with Crippen LogP contribution in [0.5, 0.6) is 5.75 Å². The van der Waals surface area contributed by atoms with E-state index in [0.29, 0.717) is 34.8 Å². The number of ether oxygens (including phenoxy) is 1. The van der Waals surface area contributed by atoms with Crippen molar-refractivity contribution in [1.29, 1.82) is 0 Å². The smallest absolute Gasteiger partial charge is 0.328 e. The monoisotopic (exact) mass is 416 g/mol. The van der Waals surface area contributed by atoms with Crippen molar-refractivity contribution < 1.29 is 9.13 Å². The molecule has 0 saturated heterocycles. The van der Waals surface area contributed by atoms with Crippen molar-refractivity contribution in [3.05, 3.63) is 76.9 Å². The standard InChI is InChI=1S/C22H17FN6O2/c23-13-7-8-15-18(10-13)28(12-25-15)21-24-11-16-20(27-21)29(22(30)26-16)17-5-3-9-31-19-6-2-1-4-14(17)19/h1-2,4,6-8,10-12,17H,3,5,9H2,(H,26,30). The molecule has 0 amide bonds. The molecule has 4 heterocycles. The number of H-pyrrole nitrogens is 1. The van der Waals surface area contributed by atoms with E-state index in [0.717, 1.165) is 24.2 Å². The number of imidazole rings is 2. The van der Waals surface area contributed by atoms with Crippen LogP contribution in [0.15, 0.2) is 59.8 Å². The topological polar surface area (TPSA) is 90.6 Å². The Kier molecular flexibility index (Phi) is 3.89. The number of fused-ring (bicyclic) bond motifs is 3. The van der Waals surface area contributed by atoms with E-state index in [-0.39, 0.29) is 17.5 Å². The third-order valence-electron chi connectivity index (χ3n) is 5.64. The molecule has 31 heavy (non-hydrogen) atoms. The SMILES string of the molecule is O=c1[nH]c2cnc(-n3cnc4ccc(F)cc43)nc2n1C1CCCOc2ccccc21. The fraction of sp³-hybridized carbons (Fsp3) is 0.182. The lowest BCUT2D eigenvalue weighted by molar-refractivity contribution is 0.315. The minimum atomic E-state index is -0.371. The van der Waals surface area contributed by atoms with Gasteiger partial charge >= 0.3 is 5.69 Å². The van der Waals surface area contributed by atoms with E-state index in [1.807, 2.05) is 24.3 Å². The van der Waals surface area contributed by atoms with Crippen LogP contribution in [0, 0.1) is 5.82 Å². The molecule has 0 fully saturated rings. The second kappa shape index (κ2) is 6.76. The van der Waals surface area contributed by atoms with Crippen molar-refractivity contribution in [1.82, 2.24) is 29.1 Å². The van der Waals surface area contributed by atoms with Crippen molar-refractivity contribution in [2.24, 2.45) is 0 Å². The Morgan fingerprint density at radius 1 is 1.16 bits per heavy atom. The molecule has 0 radical (unpaired) electrons. The minimum absolute atomic E-state index is 0.223. The van der Waals surface area contributed by atoms with Gasteiger partial charge in [0.1, 0.15) is 23.4 Å². The van der Waals surface area contributed by atoms with Gasteiger partial charge in [-0.05, 0) is 31.0 Å². The summed E-state index contributed by atoms with van der Waals surface area (Å²) in [7, 11) is 0. The van der Waals surface area contributed by atoms with E-state index in [9.17, 15) is 9.18 Å². The zero-order valence-electron chi connectivity index (χ0n) is 16.3. The van der Waals surface area contributed by atoms with Gasteiger partial charge in [-0.1, -0.05) is 18.2 Å². The van der Waals surface area contributed by atoms with Gasteiger partial charge in [0, 0.05) is 11.6 Å². The maximum Gasteiger partial charge on any atom is 0.328 e. The van der Waals surface area contributed by atoms with Crippen LogP contribution < -0.4 is 10.4 Å². The normalized spacial score (nSPS) is 16.2. The summed E-state index contributed by atoms with van der Waals surface area (Å²) in [5.41, 5.74) is 2.88. The lowest BCUT2D eigenvalue weighted by Gasteiger charge is -2.18. The highest BCUT2D eigenvalue weighted by Gasteiger charge is 2.25. The number of nitrogens with one attached hydrogen (secondary N) is 1. The fourth-order valence-corrected chi connectivity index (χ4v) is 4.22. The maximum absolute atomic E-state index is 13.8. The molecule has 8 nitrogen and oxygen atoms in total. The van der Waals surface area contributed by atoms with E-state index >= 15 is 0 Å². The summed E-state index contributed by atoms with van der Waals surface area (Å²) in [5, 5.41) is 0. The molecule has 3 aromatic heterocycles. The maximum atomic E-state index is 13.8. The van der Waals surface area contributed by atoms with Crippen LogP contribution in [-0.4, -0.2) is 35.7 Å². The number of benzene rings is 2.